The molecule has 0 spiro atoms. The van der Waals surface area contributed by atoms with Crippen LogP contribution in [0.3, 0.4) is 0 Å². The second kappa shape index (κ2) is 11.3. The molecule has 0 heterocycles. The van der Waals surface area contributed by atoms with E-state index in [1.165, 1.54) is 6.08 Å². The minimum atomic E-state index is -0.784. The number of hydrogen-bond donors (Lipinski definition) is 2. The standard InChI is InChI=1S/C20H26O4/c1-2-3-6-10-17(21)13-14-18-16(12-15-19(18)22)9-7-4-5-8-11-20(23)24/h4,7,12,15-16,21H,2-3,5-6,8-11H2,1H3,(H,23,24)/b7-4-,18-17?/t16-/m0/s1. The molecule has 1 aliphatic carbocycles. The topological polar surface area (TPSA) is 74.6 Å². The molecular formula is C20H26O4. The number of ketones is 1. The molecule has 4 heteroatoms. The zero-order valence-corrected chi connectivity index (χ0v) is 14.3. The largest absolute Gasteiger partial charge is 0.504 e. The van der Waals surface area contributed by atoms with Gasteiger partial charge in [0, 0.05) is 18.8 Å². The predicted molar refractivity (Wildman–Crippen MR) is 93.7 cm³/mol. The molecule has 24 heavy (non-hydrogen) atoms. The summed E-state index contributed by atoms with van der Waals surface area (Å²) in [6.07, 6.45) is 13.0. The number of allylic oxidation sites excluding steroid dienone is 6. The number of carboxylic acid groups (broad SMARTS) is 1. The highest BCUT2D eigenvalue weighted by Gasteiger charge is 2.21. The average Bonchev–Trinajstić information content (AvgIpc) is 2.89. The molecular weight excluding hydrogens is 304 g/mol. The molecule has 0 saturated heterocycles. The number of carbonyl (C=O) groups is 2. The molecule has 4 nitrogen and oxygen atoms in total. The van der Waals surface area contributed by atoms with Gasteiger partial charge in [-0.3, -0.25) is 9.59 Å². The highest BCUT2D eigenvalue weighted by atomic mass is 16.4. The average molecular weight is 330 g/mol. The maximum atomic E-state index is 11.9. The van der Waals surface area contributed by atoms with Crippen molar-refractivity contribution in [2.24, 2.45) is 5.92 Å². The fourth-order valence-electron chi connectivity index (χ4n) is 2.40. The first-order valence-electron chi connectivity index (χ1n) is 8.57. The Hall–Kier alpha value is -2.28. The van der Waals surface area contributed by atoms with Crippen LogP contribution in [-0.2, 0) is 9.59 Å². The van der Waals surface area contributed by atoms with Gasteiger partial charge in [-0.05, 0) is 37.5 Å². The first-order chi connectivity index (χ1) is 11.5. The van der Waals surface area contributed by atoms with E-state index >= 15 is 0 Å². The van der Waals surface area contributed by atoms with Gasteiger partial charge in [-0.1, -0.05) is 43.7 Å². The molecule has 0 bridgehead atoms. The number of rotatable bonds is 10. The SMILES string of the molecule is CCCCCC(O)=C=C=C1C(=O)C=C[C@@H]1C/C=C\CCCC(=O)O. The van der Waals surface area contributed by atoms with E-state index in [0.29, 0.717) is 31.3 Å². The number of unbranched alkanes of at least 4 members (excludes halogenated alkanes) is 3. The van der Waals surface area contributed by atoms with E-state index in [1.54, 1.807) is 0 Å². The van der Waals surface area contributed by atoms with Crippen molar-refractivity contribution in [1.82, 2.24) is 0 Å². The molecule has 0 radical (unpaired) electrons. The summed E-state index contributed by atoms with van der Waals surface area (Å²) in [5, 5.41) is 18.3. The second-order valence-corrected chi connectivity index (χ2v) is 5.89. The molecule has 1 atom stereocenters. The fourth-order valence-corrected chi connectivity index (χ4v) is 2.40. The summed E-state index contributed by atoms with van der Waals surface area (Å²) in [7, 11) is 0. The van der Waals surface area contributed by atoms with Gasteiger partial charge in [0.2, 0.25) is 0 Å². The molecule has 1 rings (SSSR count). The van der Waals surface area contributed by atoms with Gasteiger partial charge in [0.1, 0.15) is 5.76 Å². The van der Waals surface area contributed by atoms with Gasteiger partial charge in [-0.15, -0.1) is 0 Å². The van der Waals surface area contributed by atoms with E-state index in [9.17, 15) is 14.7 Å². The molecule has 0 unspecified atom stereocenters. The zero-order chi connectivity index (χ0) is 17.8. The molecule has 0 amide bonds. The summed E-state index contributed by atoms with van der Waals surface area (Å²) in [5.41, 5.74) is 6.05. The van der Waals surface area contributed by atoms with E-state index < -0.39 is 5.97 Å². The van der Waals surface area contributed by atoms with Gasteiger partial charge in [0.15, 0.2) is 5.78 Å². The van der Waals surface area contributed by atoms with Crippen LogP contribution in [0, 0.1) is 5.92 Å². The maximum Gasteiger partial charge on any atom is 0.303 e. The number of aliphatic hydroxyl groups excluding tert-OH is 1. The molecule has 2 N–H and O–H groups in total. The highest BCUT2D eigenvalue weighted by molar-refractivity contribution is 6.07. The van der Waals surface area contributed by atoms with Crippen LogP contribution in [-0.4, -0.2) is 22.0 Å². The van der Waals surface area contributed by atoms with Crippen LogP contribution in [0.15, 0.2) is 47.1 Å². The lowest BCUT2D eigenvalue weighted by atomic mass is 9.99. The Kier molecular flexibility index (Phi) is 9.29. The highest BCUT2D eigenvalue weighted by Crippen LogP contribution is 2.24. The van der Waals surface area contributed by atoms with Gasteiger partial charge in [-0.2, -0.15) is 0 Å². The van der Waals surface area contributed by atoms with Crippen molar-refractivity contribution in [3.8, 4) is 0 Å². The number of carbonyl (C=O) groups excluding carboxylic acids is 1. The predicted octanol–water partition coefficient (Wildman–Crippen LogP) is 4.65. The Labute approximate surface area is 143 Å². The van der Waals surface area contributed by atoms with E-state index in [1.807, 2.05) is 18.2 Å². The maximum absolute atomic E-state index is 11.9. The molecule has 0 aliphatic heterocycles. The number of hydrogen-bond acceptors (Lipinski definition) is 3. The summed E-state index contributed by atoms with van der Waals surface area (Å²) in [6.45, 7) is 2.10. The van der Waals surface area contributed by atoms with Gasteiger partial charge >= 0.3 is 5.97 Å². The molecule has 0 aromatic carbocycles. The lowest BCUT2D eigenvalue weighted by Gasteiger charge is -2.03. The van der Waals surface area contributed by atoms with E-state index in [-0.39, 0.29) is 23.9 Å². The van der Waals surface area contributed by atoms with Crippen LogP contribution in [0.4, 0.5) is 0 Å². The molecule has 1 aliphatic rings. The fraction of sp³-hybridized carbons (Fsp3) is 0.500. The van der Waals surface area contributed by atoms with Crippen molar-refractivity contribution in [2.75, 3.05) is 0 Å². The molecule has 130 valence electrons. The Morgan fingerprint density at radius 3 is 2.71 bits per heavy atom. The van der Waals surface area contributed by atoms with E-state index in [0.717, 1.165) is 19.3 Å². The van der Waals surface area contributed by atoms with Crippen molar-refractivity contribution >= 4 is 11.8 Å². The van der Waals surface area contributed by atoms with Gasteiger partial charge < -0.3 is 10.2 Å². The molecule has 0 saturated carbocycles. The summed E-state index contributed by atoms with van der Waals surface area (Å²) >= 11 is 0. The second-order valence-electron chi connectivity index (χ2n) is 5.89. The normalized spacial score (nSPS) is 16.5. The summed E-state index contributed by atoms with van der Waals surface area (Å²) in [5.74, 6) is -0.787. The number of aliphatic carboxylic acids is 1. The van der Waals surface area contributed by atoms with E-state index in [2.05, 4.69) is 18.4 Å². The van der Waals surface area contributed by atoms with Crippen LogP contribution < -0.4 is 0 Å². The minimum Gasteiger partial charge on any atom is -0.504 e. The van der Waals surface area contributed by atoms with Crippen molar-refractivity contribution in [2.45, 2.75) is 58.3 Å². The third-order valence-corrected chi connectivity index (χ3v) is 3.79. The Morgan fingerprint density at radius 1 is 1.21 bits per heavy atom. The van der Waals surface area contributed by atoms with Crippen LogP contribution in [0.2, 0.25) is 0 Å². The van der Waals surface area contributed by atoms with Gasteiger partial charge in [0.25, 0.3) is 0 Å². The monoisotopic (exact) mass is 330 g/mol. The van der Waals surface area contributed by atoms with Gasteiger partial charge in [-0.25, -0.2) is 0 Å². The summed E-state index contributed by atoms with van der Waals surface area (Å²) in [6, 6.07) is 0. The quantitative estimate of drug-likeness (QED) is 0.201. The van der Waals surface area contributed by atoms with Gasteiger partial charge in [0.05, 0.1) is 5.57 Å². The number of carboxylic acids is 1. The van der Waals surface area contributed by atoms with Crippen LogP contribution in [0.5, 0.6) is 0 Å². The van der Waals surface area contributed by atoms with Crippen molar-refractivity contribution in [3.63, 3.8) is 0 Å². The zero-order valence-electron chi connectivity index (χ0n) is 14.3. The Morgan fingerprint density at radius 2 is 2.00 bits per heavy atom. The van der Waals surface area contributed by atoms with Crippen LogP contribution in [0.1, 0.15) is 58.3 Å². The van der Waals surface area contributed by atoms with Crippen LogP contribution in [0.25, 0.3) is 0 Å². The van der Waals surface area contributed by atoms with Crippen LogP contribution >= 0.6 is 0 Å². The smallest absolute Gasteiger partial charge is 0.303 e. The first kappa shape index (κ1) is 19.8. The lowest BCUT2D eigenvalue weighted by molar-refractivity contribution is -0.137. The van der Waals surface area contributed by atoms with Crippen molar-refractivity contribution in [3.05, 3.63) is 47.1 Å². The Balaban J connectivity index is 2.60. The third-order valence-electron chi connectivity index (χ3n) is 3.79. The Bertz CT molecular complexity index is 597. The number of aliphatic hydroxyl groups is 1. The molecule has 0 fully saturated rings. The van der Waals surface area contributed by atoms with Crippen molar-refractivity contribution < 1.29 is 19.8 Å². The summed E-state index contributed by atoms with van der Waals surface area (Å²) in [4.78, 5) is 22.3. The van der Waals surface area contributed by atoms with Crippen molar-refractivity contribution in [1.29, 1.82) is 0 Å². The third kappa shape index (κ3) is 7.82. The molecule has 0 aromatic heterocycles. The first-order valence-corrected chi connectivity index (χ1v) is 8.57. The molecule has 0 aromatic rings. The minimum absolute atomic E-state index is 0.0517. The summed E-state index contributed by atoms with van der Waals surface area (Å²) < 4.78 is 0. The van der Waals surface area contributed by atoms with E-state index in [4.69, 9.17) is 5.11 Å². The lowest BCUT2D eigenvalue weighted by Crippen LogP contribution is -2.00.